The summed E-state index contributed by atoms with van der Waals surface area (Å²) in [5, 5.41) is 11.8. The maximum Gasteiger partial charge on any atom is 0.343 e. The van der Waals surface area contributed by atoms with Crippen LogP contribution in [0.15, 0.2) is 76.7 Å². The highest BCUT2D eigenvalue weighted by molar-refractivity contribution is 6.30. The Morgan fingerprint density at radius 2 is 1.75 bits per heavy atom. The van der Waals surface area contributed by atoms with Crippen LogP contribution in [0, 0.1) is 10.1 Å². The smallest absolute Gasteiger partial charge is 0.343 e. The number of nitrogens with zero attached hydrogens (tertiary/aromatic N) is 1. The molecule has 0 atom stereocenters. The molecule has 0 radical (unpaired) electrons. The van der Waals surface area contributed by atoms with E-state index in [-0.39, 0.29) is 5.69 Å². The number of rotatable bonds is 4. The van der Waals surface area contributed by atoms with Crippen molar-refractivity contribution in [3.63, 3.8) is 0 Å². The molecular weight excluding hydrogens is 382 g/mol. The SMILES string of the molecule is O=C1OC(c2ccc(Cl)cc2)=C/C1=C/c1ccc(-c2ccccc2[N+](=O)[O-])o1. The molecule has 2 heterocycles. The predicted octanol–water partition coefficient (Wildman–Crippen LogP) is 5.49. The summed E-state index contributed by atoms with van der Waals surface area (Å²) in [5.74, 6) is 0.633. The lowest BCUT2D eigenvalue weighted by molar-refractivity contribution is -0.384. The first-order valence-corrected chi connectivity index (χ1v) is 8.64. The van der Waals surface area contributed by atoms with Gasteiger partial charge in [0.15, 0.2) is 0 Å². The number of nitro groups is 1. The standard InChI is InChI=1S/C21H12ClNO5/c22-15-7-5-13(6-8-15)20-12-14(21(24)28-20)11-16-9-10-19(27-16)17-3-1-2-4-18(17)23(25)26/h1-12H/b14-11-. The van der Waals surface area contributed by atoms with Gasteiger partial charge < -0.3 is 9.15 Å². The molecule has 1 aliphatic heterocycles. The molecule has 0 bridgehead atoms. The largest absolute Gasteiger partial charge is 0.456 e. The minimum Gasteiger partial charge on any atom is -0.456 e. The Balaban J connectivity index is 1.65. The monoisotopic (exact) mass is 393 g/mol. The number of hydrogen-bond donors (Lipinski definition) is 0. The fourth-order valence-corrected chi connectivity index (χ4v) is 2.94. The second-order valence-corrected chi connectivity index (χ2v) is 6.42. The molecule has 1 aromatic heterocycles. The second kappa shape index (κ2) is 7.17. The summed E-state index contributed by atoms with van der Waals surface area (Å²) >= 11 is 5.87. The lowest BCUT2D eigenvalue weighted by atomic mass is 10.1. The van der Waals surface area contributed by atoms with Crippen LogP contribution in [0.4, 0.5) is 5.69 Å². The molecule has 0 amide bonds. The molecule has 138 valence electrons. The Morgan fingerprint density at radius 3 is 2.50 bits per heavy atom. The molecule has 0 fully saturated rings. The fourth-order valence-electron chi connectivity index (χ4n) is 2.82. The van der Waals surface area contributed by atoms with E-state index < -0.39 is 10.9 Å². The average Bonchev–Trinajstić information content (AvgIpc) is 3.30. The van der Waals surface area contributed by atoms with Crippen molar-refractivity contribution in [1.29, 1.82) is 0 Å². The van der Waals surface area contributed by atoms with E-state index >= 15 is 0 Å². The summed E-state index contributed by atoms with van der Waals surface area (Å²) in [6, 6.07) is 16.5. The summed E-state index contributed by atoms with van der Waals surface area (Å²) in [6.45, 7) is 0. The minimum absolute atomic E-state index is 0.0544. The third-order valence-electron chi connectivity index (χ3n) is 4.14. The van der Waals surface area contributed by atoms with E-state index in [0.717, 1.165) is 5.56 Å². The quantitative estimate of drug-likeness (QED) is 0.253. The Morgan fingerprint density at radius 1 is 1.00 bits per heavy atom. The number of para-hydroxylation sites is 1. The Hall–Kier alpha value is -3.64. The number of hydrogen-bond acceptors (Lipinski definition) is 5. The van der Waals surface area contributed by atoms with E-state index in [1.165, 1.54) is 12.1 Å². The number of halogens is 1. The van der Waals surface area contributed by atoms with Gasteiger partial charge in [0.2, 0.25) is 0 Å². The van der Waals surface area contributed by atoms with Gasteiger partial charge in [0.05, 0.1) is 16.1 Å². The van der Waals surface area contributed by atoms with Crippen LogP contribution >= 0.6 is 11.6 Å². The van der Waals surface area contributed by atoms with E-state index in [4.69, 9.17) is 20.8 Å². The Kier molecular flexibility index (Phi) is 4.55. The van der Waals surface area contributed by atoms with Gasteiger partial charge in [-0.25, -0.2) is 4.79 Å². The van der Waals surface area contributed by atoms with Crippen molar-refractivity contribution in [3.8, 4) is 11.3 Å². The van der Waals surface area contributed by atoms with Gasteiger partial charge in [-0.3, -0.25) is 10.1 Å². The zero-order valence-corrected chi connectivity index (χ0v) is 15.1. The topological polar surface area (TPSA) is 82.6 Å². The predicted molar refractivity (Wildman–Crippen MR) is 104 cm³/mol. The molecule has 4 rings (SSSR count). The van der Waals surface area contributed by atoms with E-state index in [9.17, 15) is 14.9 Å². The molecule has 6 nitrogen and oxygen atoms in total. The molecule has 28 heavy (non-hydrogen) atoms. The van der Waals surface area contributed by atoms with Crippen LogP contribution in [-0.4, -0.2) is 10.9 Å². The first-order valence-electron chi connectivity index (χ1n) is 8.26. The van der Waals surface area contributed by atoms with Crippen molar-refractivity contribution in [2.24, 2.45) is 0 Å². The number of esters is 1. The molecule has 0 unspecified atom stereocenters. The summed E-state index contributed by atoms with van der Waals surface area (Å²) < 4.78 is 11.0. The van der Waals surface area contributed by atoms with Gasteiger partial charge in [-0.1, -0.05) is 23.7 Å². The highest BCUT2D eigenvalue weighted by Crippen LogP contribution is 2.33. The first kappa shape index (κ1) is 17.8. The van der Waals surface area contributed by atoms with Crippen molar-refractivity contribution in [2.45, 2.75) is 0 Å². The van der Waals surface area contributed by atoms with Gasteiger partial charge in [0, 0.05) is 16.7 Å². The maximum absolute atomic E-state index is 12.1. The third kappa shape index (κ3) is 3.45. The van der Waals surface area contributed by atoms with Crippen LogP contribution in [-0.2, 0) is 9.53 Å². The molecule has 0 saturated carbocycles. The summed E-state index contributed by atoms with van der Waals surface area (Å²) in [4.78, 5) is 22.9. The maximum atomic E-state index is 12.1. The molecule has 2 aromatic carbocycles. The van der Waals surface area contributed by atoms with Crippen molar-refractivity contribution < 1.29 is 18.9 Å². The number of carbonyl (C=O) groups excluding carboxylic acids is 1. The number of nitro benzene ring substituents is 1. The van der Waals surface area contributed by atoms with Gasteiger partial charge in [-0.05, 0) is 54.6 Å². The Bertz CT molecular complexity index is 1140. The summed E-state index contributed by atoms with van der Waals surface area (Å²) in [6.07, 6.45) is 3.14. The molecule has 1 aliphatic rings. The zero-order valence-electron chi connectivity index (χ0n) is 14.3. The molecule has 0 saturated heterocycles. The normalized spacial score (nSPS) is 14.8. The van der Waals surface area contributed by atoms with E-state index in [0.29, 0.717) is 33.4 Å². The molecule has 7 heteroatoms. The van der Waals surface area contributed by atoms with Crippen molar-refractivity contribution >= 4 is 35.1 Å². The average molecular weight is 394 g/mol. The van der Waals surface area contributed by atoms with Crippen LogP contribution in [0.25, 0.3) is 23.2 Å². The summed E-state index contributed by atoms with van der Waals surface area (Å²) in [7, 11) is 0. The van der Waals surface area contributed by atoms with Gasteiger partial charge in [-0.15, -0.1) is 0 Å². The third-order valence-corrected chi connectivity index (χ3v) is 4.40. The molecule has 0 aliphatic carbocycles. The van der Waals surface area contributed by atoms with E-state index in [1.807, 2.05) is 0 Å². The molecule has 0 N–H and O–H groups in total. The van der Waals surface area contributed by atoms with Crippen molar-refractivity contribution in [3.05, 3.63) is 98.8 Å². The minimum atomic E-state index is -0.506. The zero-order chi connectivity index (χ0) is 19.7. The second-order valence-electron chi connectivity index (χ2n) is 5.98. The van der Waals surface area contributed by atoms with Gasteiger partial charge in [0.1, 0.15) is 17.3 Å². The number of cyclic esters (lactones) is 1. The highest BCUT2D eigenvalue weighted by Gasteiger charge is 2.23. The fraction of sp³-hybridized carbons (Fsp3) is 0. The van der Waals surface area contributed by atoms with Crippen LogP contribution in [0.2, 0.25) is 5.02 Å². The molecule has 3 aromatic rings. The first-order chi connectivity index (χ1) is 13.5. The lowest BCUT2D eigenvalue weighted by Gasteiger charge is -2.01. The lowest BCUT2D eigenvalue weighted by Crippen LogP contribution is -1.96. The number of furan rings is 1. The Labute approximate surface area is 164 Å². The van der Waals surface area contributed by atoms with Crippen LogP contribution in [0.5, 0.6) is 0 Å². The molecular formula is C21H12ClNO5. The van der Waals surface area contributed by atoms with Gasteiger partial charge >= 0.3 is 5.97 Å². The molecule has 0 spiro atoms. The van der Waals surface area contributed by atoms with Crippen LogP contribution < -0.4 is 0 Å². The van der Waals surface area contributed by atoms with Crippen molar-refractivity contribution in [2.75, 3.05) is 0 Å². The highest BCUT2D eigenvalue weighted by atomic mass is 35.5. The van der Waals surface area contributed by atoms with Gasteiger partial charge in [-0.2, -0.15) is 0 Å². The van der Waals surface area contributed by atoms with Crippen LogP contribution in [0.3, 0.4) is 0 Å². The van der Waals surface area contributed by atoms with Gasteiger partial charge in [0.25, 0.3) is 5.69 Å². The van der Waals surface area contributed by atoms with Crippen molar-refractivity contribution in [1.82, 2.24) is 0 Å². The van der Waals surface area contributed by atoms with E-state index in [2.05, 4.69) is 0 Å². The summed E-state index contributed by atoms with van der Waals surface area (Å²) in [5.41, 5.74) is 1.35. The number of carbonyl (C=O) groups is 1. The number of benzene rings is 2. The van der Waals surface area contributed by atoms with Crippen LogP contribution in [0.1, 0.15) is 11.3 Å². The number of ether oxygens (including phenoxy) is 1. The van der Waals surface area contributed by atoms with E-state index in [1.54, 1.807) is 60.7 Å².